The second-order valence-electron chi connectivity index (χ2n) is 4.35. The van der Waals surface area contributed by atoms with Gasteiger partial charge in [-0.05, 0) is 37.2 Å². The summed E-state index contributed by atoms with van der Waals surface area (Å²) in [4.78, 5) is 14.2. The van der Waals surface area contributed by atoms with Crippen LogP contribution in [0.4, 0.5) is 11.4 Å². The molecular weight excluding hydrogens is 214 g/mol. The molecule has 1 atom stereocenters. The molecule has 1 aliphatic heterocycles. The molecule has 0 saturated carbocycles. The average Bonchev–Trinajstić information content (AvgIpc) is 2.31. The summed E-state index contributed by atoms with van der Waals surface area (Å²) in [6.07, 6.45) is 0.767. The fraction of sp³-hybridized carbons (Fsp3) is 0.462. The molecule has 4 heteroatoms. The minimum atomic E-state index is -0.0545. The van der Waals surface area contributed by atoms with E-state index in [0.29, 0.717) is 5.69 Å². The van der Waals surface area contributed by atoms with Gasteiger partial charge in [0.25, 0.3) is 0 Å². The Labute approximate surface area is 102 Å². The number of likely N-dealkylation sites (N-methyl/N-ethyl adjacent to an activating group) is 1. The maximum Gasteiger partial charge on any atom is 0.242 e. The molecule has 1 unspecified atom stereocenters. The van der Waals surface area contributed by atoms with Gasteiger partial charge in [0.15, 0.2) is 0 Å². The number of nitrogens with one attached hydrogen (secondary N) is 1. The lowest BCUT2D eigenvalue weighted by molar-refractivity contribution is -0.121. The largest absolute Gasteiger partial charge is 0.399 e. The third-order valence-corrected chi connectivity index (χ3v) is 3.36. The second kappa shape index (κ2) is 4.75. The Hall–Kier alpha value is -1.55. The van der Waals surface area contributed by atoms with Gasteiger partial charge in [-0.2, -0.15) is 0 Å². The van der Waals surface area contributed by atoms with Gasteiger partial charge in [0, 0.05) is 11.4 Å². The van der Waals surface area contributed by atoms with Crippen LogP contribution in [-0.2, 0) is 11.2 Å². The Kier molecular flexibility index (Phi) is 3.33. The van der Waals surface area contributed by atoms with Gasteiger partial charge < -0.3 is 11.1 Å². The Morgan fingerprint density at radius 1 is 1.41 bits per heavy atom. The smallest absolute Gasteiger partial charge is 0.242 e. The quantitative estimate of drug-likeness (QED) is 0.777. The first-order valence-corrected chi connectivity index (χ1v) is 6.09. The number of nitrogens with two attached hydrogens (primary N) is 1. The number of rotatable bonds is 3. The fourth-order valence-electron chi connectivity index (χ4n) is 2.36. The highest BCUT2D eigenvalue weighted by Gasteiger charge is 2.29. The van der Waals surface area contributed by atoms with Crippen molar-refractivity contribution in [2.24, 2.45) is 0 Å². The standard InChI is InChI=1S/C13H19N3O/c1-3-16(4-2)12-7-9-5-6-10(14)8-11(9)15-13(12)17/h5-6,8,12H,3-4,7,14H2,1-2H3,(H,15,17). The second-order valence-corrected chi connectivity index (χ2v) is 4.35. The van der Waals surface area contributed by atoms with Crippen LogP contribution in [-0.4, -0.2) is 29.9 Å². The number of fused-ring (bicyclic) bond motifs is 1. The third-order valence-electron chi connectivity index (χ3n) is 3.36. The van der Waals surface area contributed by atoms with Gasteiger partial charge >= 0.3 is 0 Å². The van der Waals surface area contributed by atoms with Gasteiger partial charge in [0.2, 0.25) is 5.91 Å². The summed E-state index contributed by atoms with van der Waals surface area (Å²) in [6.45, 7) is 5.93. The van der Waals surface area contributed by atoms with E-state index in [9.17, 15) is 4.79 Å². The molecule has 0 aliphatic carbocycles. The highest BCUT2D eigenvalue weighted by molar-refractivity contribution is 5.98. The van der Waals surface area contributed by atoms with Crippen molar-refractivity contribution in [3.8, 4) is 0 Å². The van der Waals surface area contributed by atoms with Crippen LogP contribution >= 0.6 is 0 Å². The van der Waals surface area contributed by atoms with E-state index in [1.807, 2.05) is 18.2 Å². The highest BCUT2D eigenvalue weighted by atomic mass is 16.2. The summed E-state index contributed by atoms with van der Waals surface area (Å²) < 4.78 is 0. The molecule has 4 nitrogen and oxygen atoms in total. The van der Waals surface area contributed by atoms with Crippen LogP contribution < -0.4 is 11.1 Å². The minimum Gasteiger partial charge on any atom is -0.399 e. The molecule has 1 aliphatic rings. The number of nitrogen functional groups attached to an aromatic ring is 1. The summed E-state index contributed by atoms with van der Waals surface area (Å²) >= 11 is 0. The molecule has 17 heavy (non-hydrogen) atoms. The number of carbonyl (C=O) groups excluding carboxylic acids is 1. The molecule has 1 aromatic carbocycles. The van der Waals surface area contributed by atoms with E-state index >= 15 is 0 Å². The molecule has 0 fully saturated rings. The van der Waals surface area contributed by atoms with E-state index < -0.39 is 0 Å². The van der Waals surface area contributed by atoms with Crippen molar-refractivity contribution in [2.45, 2.75) is 26.3 Å². The number of hydrogen-bond acceptors (Lipinski definition) is 3. The van der Waals surface area contributed by atoms with Crippen LogP contribution in [0.3, 0.4) is 0 Å². The van der Waals surface area contributed by atoms with Gasteiger partial charge in [-0.25, -0.2) is 0 Å². The molecule has 0 saturated heterocycles. The molecule has 2 rings (SSSR count). The molecule has 0 aromatic heterocycles. The van der Waals surface area contributed by atoms with Crippen LogP contribution in [0.1, 0.15) is 19.4 Å². The molecule has 0 spiro atoms. The first-order valence-electron chi connectivity index (χ1n) is 6.09. The van der Waals surface area contributed by atoms with Crippen LogP contribution in [0.15, 0.2) is 18.2 Å². The monoisotopic (exact) mass is 233 g/mol. The zero-order valence-electron chi connectivity index (χ0n) is 10.4. The van der Waals surface area contributed by atoms with E-state index in [1.54, 1.807) is 0 Å². The molecule has 92 valence electrons. The maximum absolute atomic E-state index is 12.0. The lowest BCUT2D eigenvalue weighted by Gasteiger charge is -2.32. The molecule has 0 radical (unpaired) electrons. The zero-order chi connectivity index (χ0) is 12.4. The van der Waals surface area contributed by atoms with Gasteiger partial charge in [-0.15, -0.1) is 0 Å². The Morgan fingerprint density at radius 3 is 2.76 bits per heavy atom. The molecule has 3 N–H and O–H groups in total. The van der Waals surface area contributed by atoms with E-state index in [4.69, 9.17) is 5.73 Å². The first kappa shape index (κ1) is 11.9. The van der Waals surface area contributed by atoms with E-state index in [-0.39, 0.29) is 11.9 Å². The normalized spacial score (nSPS) is 19.0. The van der Waals surface area contributed by atoms with Gasteiger partial charge in [0.05, 0.1) is 6.04 Å². The molecular formula is C13H19N3O. The number of benzene rings is 1. The SMILES string of the molecule is CCN(CC)C1Cc2ccc(N)cc2NC1=O. The summed E-state index contributed by atoms with van der Waals surface area (Å²) in [5.74, 6) is 0.0757. The number of anilines is 2. The number of carbonyl (C=O) groups is 1. The van der Waals surface area contributed by atoms with Crippen molar-refractivity contribution in [1.29, 1.82) is 0 Å². The molecule has 0 bridgehead atoms. The van der Waals surface area contributed by atoms with E-state index in [1.165, 1.54) is 0 Å². The van der Waals surface area contributed by atoms with Gasteiger partial charge in [-0.1, -0.05) is 19.9 Å². The van der Waals surface area contributed by atoms with Crippen LogP contribution in [0.2, 0.25) is 0 Å². The van der Waals surface area contributed by atoms with Gasteiger partial charge in [-0.3, -0.25) is 9.69 Å². The lowest BCUT2D eigenvalue weighted by Crippen LogP contribution is -2.47. The van der Waals surface area contributed by atoms with Crippen LogP contribution in [0.25, 0.3) is 0 Å². The van der Waals surface area contributed by atoms with E-state index in [0.717, 1.165) is 30.8 Å². The van der Waals surface area contributed by atoms with Crippen molar-refractivity contribution in [3.05, 3.63) is 23.8 Å². The predicted molar refractivity (Wildman–Crippen MR) is 69.9 cm³/mol. The fourth-order valence-corrected chi connectivity index (χ4v) is 2.36. The topological polar surface area (TPSA) is 58.4 Å². The summed E-state index contributed by atoms with van der Waals surface area (Å²) in [6, 6.07) is 5.66. The molecule has 1 heterocycles. The van der Waals surface area contributed by atoms with Crippen LogP contribution in [0.5, 0.6) is 0 Å². The Morgan fingerprint density at radius 2 is 2.12 bits per heavy atom. The summed E-state index contributed by atoms with van der Waals surface area (Å²) in [5, 5.41) is 2.94. The Balaban J connectivity index is 2.26. The predicted octanol–water partition coefficient (Wildman–Crippen LogP) is 1.47. The minimum absolute atomic E-state index is 0.0545. The van der Waals surface area contributed by atoms with Crippen LogP contribution in [0, 0.1) is 0 Å². The molecule has 1 amide bonds. The zero-order valence-corrected chi connectivity index (χ0v) is 10.4. The highest BCUT2D eigenvalue weighted by Crippen LogP contribution is 2.26. The van der Waals surface area contributed by atoms with Crippen molar-refractivity contribution >= 4 is 17.3 Å². The van der Waals surface area contributed by atoms with Crippen molar-refractivity contribution in [3.63, 3.8) is 0 Å². The summed E-state index contributed by atoms with van der Waals surface area (Å²) in [7, 11) is 0. The van der Waals surface area contributed by atoms with Gasteiger partial charge in [0.1, 0.15) is 0 Å². The summed E-state index contributed by atoms with van der Waals surface area (Å²) in [5.41, 5.74) is 8.42. The third kappa shape index (κ3) is 2.26. The Bertz CT molecular complexity index is 427. The van der Waals surface area contributed by atoms with E-state index in [2.05, 4.69) is 24.1 Å². The number of nitrogens with zero attached hydrogens (tertiary/aromatic N) is 1. The number of amides is 1. The maximum atomic E-state index is 12.0. The van der Waals surface area contributed by atoms with Crippen molar-refractivity contribution < 1.29 is 4.79 Å². The van der Waals surface area contributed by atoms with Crippen molar-refractivity contribution in [2.75, 3.05) is 24.1 Å². The first-order chi connectivity index (χ1) is 8.15. The molecule has 1 aromatic rings. The van der Waals surface area contributed by atoms with Crippen molar-refractivity contribution in [1.82, 2.24) is 4.90 Å². The number of hydrogen-bond donors (Lipinski definition) is 2. The lowest BCUT2D eigenvalue weighted by atomic mass is 9.97. The average molecular weight is 233 g/mol.